The maximum absolute atomic E-state index is 3.44. The standard InChI is InChI=1S/C16H25Si.C10H15.2ClH.Zr/c1-2-3-11-17(12-6-13-17)16-10-9-14-7-4-5-8-15(14)16;1-7-6-10(4,5)9(3)8(7)2;;;/h4-5,8,14H,2-3,6-7,9-13H2,1H3;1-5H3;2*1H;/q2*-1;;;+4/p-2. The minimum atomic E-state index is -0.924. The van der Waals surface area contributed by atoms with E-state index >= 15 is 0 Å². The van der Waals surface area contributed by atoms with Crippen LogP contribution in [0, 0.1) is 23.0 Å². The topological polar surface area (TPSA) is 0 Å². The number of halogens is 2. The molecule has 0 amide bonds. The van der Waals surface area contributed by atoms with Crippen molar-refractivity contribution >= 4 is 8.07 Å². The van der Waals surface area contributed by atoms with Gasteiger partial charge in [0.2, 0.25) is 0 Å². The van der Waals surface area contributed by atoms with Crippen molar-refractivity contribution in [2.24, 2.45) is 11.3 Å². The van der Waals surface area contributed by atoms with Crippen LogP contribution in [-0.4, -0.2) is 8.07 Å². The first-order chi connectivity index (χ1) is 12.8. The van der Waals surface area contributed by atoms with Gasteiger partial charge in [-0.25, -0.2) is 22.8 Å². The molecule has 0 N–H and O–H groups in total. The first-order valence-electron chi connectivity index (χ1n) is 11.3. The van der Waals surface area contributed by atoms with Gasteiger partial charge in [0.05, 0.1) is 0 Å². The molecule has 1 unspecified atom stereocenters. The summed E-state index contributed by atoms with van der Waals surface area (Å²) in [5.41, 5.74) is 8.23. The van der Waals surface area contributed by atoms with Crippen LogP contribution in [0.3, 0.4) is 0 Å². The molecule has 1 aliphatic heterocycles. The molecule has 30 heavy (non-hydrogen) atoms. The molecule has 0 radical (unpaired) electrons. The molecular formula is C26H40Cl2SiZr. The molecule has 0 aromatic heterocycles. The third-order valence-electron chi connectivity index (χ3n) is 7.89. The first-order valence-corrected chi connectivity index (χ1v) is 14.0. The zero-order valence-electron chi connectivity index (χ0n) is 19.9. The second-order valence-electron chi connectivity index (χ2n) is 9.86. The van der Waals surface area contributed by atoms with Crippen LogP contribution in [0.5, 0.6) is 0 Å². The summed E-state index contributed by atoms with van der Waals surface area (Å²) in [6, 6.07) is 4.85. The van der Waals surface area contributed by atoms with Crippen molar-refractivity contribution < 1.29 is 51.0 Å². The van der Waals surface area contributed by atoms with Crippen LogP contribution in [-0.2, 0) is 26.2 Å². The molecule has 0 nitrogen and oxygen atoms in total. The number of allylic oxidation sites excluding steroid dienone is 8. The van der Waals surface area contributed by atoms with Gasteiger partial charge in [-0.05, 0) is 20.4 Å². The van der Waals surface area contributed by atoms with Crippen LogP contribution in [0.25, 0.3) is 0 Å². The van der Waals surface area contributed by atoms with Gasteiger partial charge in [0.25, 0.3) is 0 Å². The predicted octanol–water partition coefficient (Wildman–Crippen LogP) is 2.17. The molecule has 1 saturated heterocycles. The van der Waals surface area contributed by atoms with E-state index in [0.29, 0.717) is 0 Å². The van der Waals surface area contributed by atoms with E-state index in [-0.39, 0.29) is 56.4 Å². The minimum absolute atomic E-state index is 0. The molecule has 0 aromatic carbocycles. The summed E-state index contributed by atoms with van der Waals surface area (Å²) < 4.78 is 0. The Morgan fingerprint density at radius 1 is 1.17 bits per heavy atom. The molecule has 0 spiro atoms. The van der Waals surface area contributed by atoms with Crippen LogP contribution >= 0.6 is 0 Å². The maximum atomic E-state index is 3.44. The molecule has 4 heteroatoms. The Morgan fingerprint density at radius 2 is 1.83 bits per heavy atom. The van der Waals surface area contributed by atoms with Gasteiger partial charge in [-0.2, -0.15) is 11.1 Å². The molecule has 0 aromatic rings. The van der Waals surface area contributed by atoms with E-state index in [1.165, 1.54) is 55.2 Å². The van der Waals surface area contributed by atoms with E-state index in [4.69, 9.17) is 0 Å². The van der Waals surface area contributed by atoms with E-state index in [1.54, 1.807) is 18.1 Å². The normalized spacial score (nSPS) is 24.7. The fourth-order valence-electron chi connectivity index (χ4n) is 5.56. The van der Waals surface area contributed by atoms with Crippen LogP contribution in [0.2, 0.25) is 18.1 Å². The minimum Gasteiger partial charge on any atom is -1.00 e. The Morgan fingerprint density at radius 3 is 2.27 bits per heavy atom. The van der Waals surface area contributed by atoms with E-state index in [9.17, 15) is 0 Å². The SMILES string of the molecule is CC1=[C-]C(C)(C)C(C)=C1C.CCCC[Si]1([C-]2CCC3CC=CC=C23)CCC1.[Cl-].[Cl-].[Zr+4]. The molecule has 3 aliphatic carbocycles. The van der Waals surface area contributed by atoms with Gasteiger partial charge >= 0.3 is 26.2 Å². The molecule has 2 fully saturated rings. The smallest absolute Gasteiger partial charge is 1.00 e. The summed E-state index contributed by atoms with van der Waals surface area (Å²) >= 11 is 0. The summed E-state index contributed by atoms with van der Waals surface area (Å²) in [4.78, 5) is 0. The molecule has 166 valence electrons. The summed E-state index contributed by atoms with van der Waals surface area (Å²) in [7, 11) is -0.924. The number of hydrogen-bond acceptors (Lipinski definition) is 0. The average Bonchev–Trinajstić information content (AvgIpc) is 3.11. The van der Waals surface area contributed by atoms with E-state index < -0.39 is 8.07 Å². The maximum Gasteiger partial charge on any atom is 4.00 e. The third-order valence-corrected chi connectivity index (χ3v) is 13.6. The number of fused-ring (bicyclic) bond motifs is 1. The Bertz CT molecular complexity index is 683. The number of unbranched alkanes of at least 4 members (excludes halogenated alkanes) is 1. The van der Waals surface area contributed by atoms with Crippen LogP contribution < -0.4 is 24.8 Å². The molecule has 1 heterocycles. The molecule has 1 saturated carbocycles. The fourth-order valence-corrected chi connectivity index (χ4v) is 10.8. The van der Waals surface area contributed by atoms with Crippen molar-refractivity contribution in [2.75, 3.05) is 0 Å². The van der Waals surface area contributed by atoms with Crippen molar-refractivity contribution in [3.63, 3.8) is 0 Å². The summed E-state index contributed by atoms with van der Waals surface area (Å²) in [6.07, 6.45) is 19.3. The third kappa shape index (κ3) is 6.30. The quantitative estimate of drug-likeness (QED) is 0.378. The zero-order chi connectivity index (χ0) is 19.7. The molecule has 4 rings (SSSR count). The summed E-state index contributed by atoms with van der Waals surface area (Å²) in [6.45, 7) is 13.3. The Hall–Kier alpha value is 0.510. The largest absolute Gasteiger partial charge is 4.00 e. The number of rotatable bonds is 4. The first kappa shape index (κ1) is 30.5. The van der Waals surface area contributed by atoms with Crippen molar-refractivity contribution in [1.29, 1.82) is 0 Å². The van der Waals surface area contributed by atoms with Gasteiger partial charge in [-0.15, -0.1) is 19.1 Å². The van der Waals surface area contributed by atoms with Gasteiger partial charge in [-0.1, -0.05) is 90.3 Å². The van der Waals surface area contributed by atoms with Crippen molar-refractivity contribution in [2.45, 2.75) is 98.2 Å². The van der Waals surface area contributed by atoms with Gasteiger partial charge in [-0.3, -0.25) is 6.08 Å². The van der Waals surface area contributed by atoms with E-state index in [2.05, 4.69) is 65.8 Å². The second-order valence-corrected chi connectivity index (χ2v) is 14.5. The van der Waals surface area contributed by atoms with Crippen LogP contribution in [0.4, 0.5) is 0 Å². The average molecular weight is 543 g/mol. The van der Waals surface area contributed by atoms with E-state index in [0.717, 1.165) is 5.92 Å². The fraction of sp³-hybridized carbons (Fsp3) is 0.654. The number of hydrogen-bond donors (Lipinski definition) is 0. The summed E-state index contributed by atoms with van der Waals surface area (Å²) in [5.74, 6) is 0.918. The van der Waals surface area contributed by atoms with Gasteiger partial charge < -0.3 is 24.8 Å². The Balaban J connectivity index is 0.000000569. The monoisotopic (exact) mass is 540 g/mol. The molecule has 0 bridgehead atoms. The summed E-state index contributed by atoms with van der Waals surface area (Å²) in [5, 5.41) is 0. The van der Waals surface area contributed by atoms with Crippen molar-refractivity contribution in [3.8, 4) is 0 Å². The predicted molar refractivity (Wildman–Crippen MR) is 122 cm³/mol. The Kier molecular flexibility index (Phi) is 12.9. The van der Waals surface area contributed by atoms with Crippen LogP contribution in [0.1, 0.15) is 80.1 Å². The van der Waals surface area contributed by atoms with Crippen molar-refractivity contribution in [1.82, 2.24) is 0 Å². The van der Waals surface area contributed by atoms with E-state index in [1.807, 2.05) is 11.1 Å². The second kappa shape index (κ2) is 12.7. The zero-order valence-corrected chi connectivity index (χ0v) is 24.9. The molecular weight excluding hydrogens is 503 g/mol. The van der Waals surface area contributed by atoms with Gasteiger partial charge in [0.15, 0.2) is 0 Å². The van der Waals surface area contributed by atoms with Crippen LogP contribution in [0.15, 0.2) is 40.5 Å². The van der Waals surface area contributed by atoms with Gasteiger partial charge in [0, 0.05) is 0 Å². The molecule has 1 atom stereocenters. The molecule has 4 aliphatic rings. The van der Waals surface area contributed by atoms with Crippen molar-refractivity contribution in [3.05, 3.63) is 52.1 Å². The Labute approximate surface area is 219 Å². The van der Waals surface area contributed by atoms with Gasteiger partial charge in [0.1, 0.15) is 0 Å².